The Morgan fingerprint density at radius 3 is 2.00 bits per heavy atom. The van der Waals surface area contributed by atoms with Crippen molar-refractivity contribution in [2.45, 2.75) is 161 Å². The van der Waals surface area contributed by atoms with Crippen LogP contribution in [0.15, 0.2) is 0 Å². The second-order valence-corrected chi connectivity index (χ2v) is 20.1. The fraction of sp³-hybridized carbons (Fsp3) is 0.872. The Hall–Kier alpha value is -2.74. The fourth-order valence-corrected chi connectivity index (χ4v) is 12.0. The molecule has 0 radical (unpaired) electrons. The minimum Gasteiger partial charge on any atom is -0.347 e. The summed E-state index contributed by atoms with van der Waals surface area (Å²) in [6, 6.07) is -3.28. The summed E-state index contributed by atoms with van der Waals surface area (Å²) in [6.45, 7) is 10.9. The summed E-state index contributed by atoms with van der Waals surface area (Å²) in [4.78, 5) is 71.3. The largest absolute Gasteiger partial charge is 0.347 e. The molecule has 1 aliphatic heterocycles. The molecule has 1 heterocycles. The van der Waals surface area contributed by atoms with Crippen LogP contribution in [0.25, 0.3) is 0 Å². The first-order valence-corrected chi connectivity index (χ1v) is 22.2. The molecule has 1 saturated heterocycles. The smallest absolute Gasteiger partial charge is 0.315 e. The molecule has 6 aliphatic rings. The van der Waals surface area contributed by atoms with Crippen LogP contribution in [0.2, 0.25) is 0 Å². The molecule has 5 atom stereocenters. The van der Waals surface area contributed by atoms with Crippen molar-refractivity contribution in [3.63, 3.8) is 0 Å². The molecule has 0 unspecified atom stereocenters. The van der Waals surface area contributed by atoms with Crippen molar-refractivity contribution >= 4 is 39.6 Å². The number of sulfonamides is 1. The molecule has 53 heavy (non-hydrogen) atoms. The molecule has 4 N–H and O–H groups in total. The van der Waals surface area contributed by atoms with E-state index in [1.54, 1.807) is 4.90 Å². The highest BCUT2D eigenvalue weighted by molar-refractivity contribution is 7.89. The number of piperidine rings is 1. The number of carbonyl (C=O) groups is 5. The van der Waals surface area contributed by atoms with Gasteiger partial charge < -0.3 is 26.2 Å². The highest BCUT2D eigenvalue weighted by Gasteiger charge is 2.70. The van der Waals surface area contributed by atoms with Gasteiger partial charge in [-0.3, -0.25) is 19.2 Å². The summed E-state index contributed by atoms with van der Waals surface area (Å²) in [5.74, 6) is -2.00. The van der Waals surface area contributed by atoms with Crippen LogP contribution < -0.4 is 21.3 Å². The molecular weight excluding hydrogens is 697 g/mol. The van der Waals surface area contributed by atoms with Gasteiger partial charge in [-0.25, -0.2) is 17.5 Å². The van der Waals surface area contributed by atoms with Crippen LogP contribution in [0.5, 0.6) is 0 Å². The van der Waals surface area contributed by atoms with Crippen LogP contribution in [0, 0.1) is 28.6 Å². The monoisotopic (exact) mass is 760 g/mol. The number of amides is 5. The number of hydrogen-bond donors (Lipinski definition) is 4. The Bertz CT molecular complexity index is 1530. The van der Waals surface area contributed by atoms with E-state index in [1.165, 1.54) is 4.31 Å². The average Bonchev–Trinajstić information content (AvgIpc) is 4.07. The summed E-state index contributed by atoms with van der Waals surface area (Å²) in [5, 5.41) is 11.9. The first kappa shape index (κ1) is 39.9. The van der Waals surface area contributed by atoms with Crippen molar-refractivity contribution < 1.29 is 32.4 Å². The lowest BCUT2D eigenvalue weighted by Gasteiger charge is -2.44. The van der Waals surface area contributed by atoms with Gasteiger partial charge in [-0.05, 0) is 73.5 Å². The van der Waals surface area contributed by atoms with Gasteiger partial charge >= 0.3 is 6.03 Å². The van der Waals surface area contributed by atoms with E-state index in [1.807, 2.05) is 20.8 Å². The molecule has 5 aliphatic carbocycles. The number of carbonyl (C=O) groups excluding carboxylic acids is 5. The maximum atomic E-state index is 15.0. The standard InChI is InChI=1S/C39H64N6O7S/c1-6-44(7-2)53(51,52)24-39(20-12-9-13-21-39)43-36(50)42-32(38(5)18-10-8-11-19-38)35(49)45-23-27-29(37(27,3)4)30(45)33(47)41-28(22-25-14-15-25)31(46)34(48)40-26-16-17-26/h25-30,32H,6-24H2,1-5H3,(H,40,48)(H,41,47)(H2,42,43,50)/t27-,28-,29-,30-,32+/m0/s1. The average molecular weight is 761 g/mol. The van der Waals surface area contributed by atoms with Gasteiger partial charge in [0.2, 0.25) is 27.6 Å². The number of ketones is 1. The van der Waals surface area contributed by atoms with Gasteiger partial charge in [0.15, 0.2) is 0 Å². The Balaban J connectivity index is 1.23. The third kappa shape index (κ3) is 8.73. The summed E-state index contributed by atoms with van der Waals surface area (Å²) < 4.78 is 28.5. The van der Waals surface area contributed by atoms with Crippen molar-refractivity contribution in [1.29, 1.82) is 0 Å². The van der Waals surface area contributed by atoms with E-state index in [4.69, 9.17) is 0 Å². The van der Waals surface area contributed by atoms with Crippen molar-refractivity contribution in [2.24, 2.45) is 28.6 Å². The number of urea groups is 1. The second-order valence-electron chi connectivity index (χ2n) is 18.2. The molecule has 6 fully saturated rings. The summed E-state index contributed by atoms with van der Waals surface area (Å²) in [5.41, 5.74) is -1.72. The highest BCUT2D eigenvalue weighted by Crippen LogP contribution is 2.65. The van der Waals surface area contributed by atoms with Gasteiger partial charge in [0, 0.05) is 25.7 Å². The van der Waals surface area contributed by atoms with Gasteiger partial charge in [-0.15, -0.1) is 0 Å². The summed E-state index contributed by atoms with van der Waals surface area (Å²) in [6.07, 6.45) is 11.9. The Kier molecular flexibility index (Phi) is 11.6. The van der Waals surface area contributed by atoms with Crippen LogP contribution in [-0.4, -0.2) is 102 Å². The lowest BCUT2D eigenvalue weighted by atomic mass is 9.70. The third-order valence-electron chi connectivity index (χ3n) is 13.8. The number of rotatable bonds is 16. The van der Waals surface area contributed by atoms with Gasteiger partial charge in [0.05, 0.1) is 17.3 Å². The molecule has 0 aromatic rings. The highest BCUT2D eigenvalue weighted by atomic mass is 32.2. The molecule has 0 aromatic heterocycles. The Labute approximate surface area is 316 Å². The van der Waals surface area contributed by atoms with E-state index in [-0.39, 0.29) is 40.9 Å². The van der Waals surface area contributed by atoms with Crippen molar-refractivity contribution in [3.8, 4) is 0 Å². The fourth-order valence-electron chi connectivity index (χ4n) is 9.98. The Morgan fingerprint density at radius 2 is 1.43 bits per heavy atom. The number of fused-ring (bicyclic) bond motifs is 1. The number of likely N-dealkylation sites (tertiary alicyclic amines) is 1. The zero-order valence-corrected chi connectivity index (χ0v) is 33.5. The number of nitrogens with zero attached hydrogens (tertiary/aromatic N) is 2. The lowest BCUT2D eigenvalue weighted by molar-refractivity contribution is -0.146. The molecular formula is C39H64N6O7S. The van der Waals surface area contributed by atoms with E-state index in [2.05, 4.69) is 35.1 Å². The van der Waals surface area contributed by atoms with Crippen LogP contribution in [0.4, 0.5) is 4.79 Å². The second kappa shape index (κ2) is 15.4. The van der Waals surface area contributed by atoms with E-state index in [9.17, 15) is 32.4 Å². The van der Waals surface area contributed by atoms with Gasteiger partial charge in [0.1, 0.15) is 12.1 Å². The number of hydrogen-bond acceptors (Lipinski definition) is 7. The zero-order chi connectivity index (χ0) is 38.3. The van der Waals surface area contributed by atoms with Crippen molar-refractivity contribution in [2.75, 3.05) is 25.4 Å². The van der Waals surface area contributed by atoms with Gasteiger partial charge in [-0.1, -0.05) is 86.0 Å². The van der Waals surface area contributed by atoms with E-state index in [0.29, 0.717) is 38.9 Å². The molecule has 6 rings (SSSR count). The predicted octanol–water partition coefficient (Wildman–Crippen LogP) is 3.61. The maximum absolute atomic E-state index is 15.0. The first-order chi connectivity index (χ1) is 25.0. The van der Waals surface area contributed by atoms with Gasteiger partial charge in [0.25, 0.3) is 5.91 Å². The van der Waals surface area contributed by atoms with Crippen LogP contribution in [-0.2, 0) is 29.2 Å². The topological polar surface area (TPSA) is 174 Å². The quantitative estimate of drug-likeness (QED) is 0.174. The van der Waals surface area contributed by atoms with Gasteiger partial charge in [-0.2, -0.15) is 0 Å². The van der Waals surface area contributed by atoms with E-state index in [0.717, 1.165) is 77.0 Å². The molecule has 5 saturated carbocycles. The van der Waals surface area contributed by atoms with Crippen molar-refractivity contribution in [1.82, 2.24) is 30.5 Å². The molecule has 298 valence electrons. The van der Waals surface area contributed by atoms with E-state index >= 15 is 0 Å². The number of Topliss-reactive ketones (excluding diaryl/α,β-unsaturated/α-hetero) is 1. The molecule has 0 spiro atoms. The predicted molar refractivity (Wildman–Crippen MR) is 201 cm³/mol. The normalized spacial score (nSPS) is 28.3. The van der Waals surface area contributed by atoms with Crippen LogP contribution >= 0.6 is 0 Å². The molecule has 5 amide bonds. The number of nitrogens with one attached hydrogen (secondary N) is 4. The summed E-state index contributed by atoms with van der Waals surface area (Å²) >= 11 is 0. The minimum atomic E-state index is -3.65. The SMILES string of the molecule is CCN(CC)S(=O)(=O)CC1(NC(=O)N[C@H](C(=O)N2C[C@H]3[C@@H]([C@H]2C(=O)N[C@@H](CC2CC2)C(=O)C(=O)NC2CC2)C3(C)C)C2(C)CCCCC2)CCCCC1. The third-order valence-corrected chi connectivity index (χ3v) is 16.0. The van der Waals surface area contributed by atoms with Crippen LogP contribution in [0.3, 0.4) is 0 Å². The summed E-state index contributed by atoms with van der Waals surface area (Å²) in [7, 11) is -3.65. The van der Waals surface area contributed by atoms with E-state index < -0.39 is 62.7 Å². The van der Waals surface area contributed by atoms with Crippen LogP contribution in [0.1, 0.15) is 131 Å². The molecule has 0 bridgehead atoms. The first-order valence-electron chi connectivity index (χ1n) is 20.6. The van der Waals surface area contributed by atoms with Crippen molar-refractivity contribution in [3.05, 3.63) is 0 Å². The Morgan fingerprint density at radius 1 is 0.830 bits per heavy atom. The maximum Gasteiger partial charge on any atom is 0.315 e. The zero-order valence-electron chi connectivity index (χ0n) is 32.6. The minimum absolute atomic E-state index is 0.0160. The molecule has 0 aromatic carbocycles. The molecule has 14 heteroatoms. The lowest BCUT2D eigenvalue weighted by Crippen LogP contribution is -2.65. The molecule has 13 nitrogen and oxygen atoms in total.